The highest BCUT2D eigenvalue weighted by molar-refractivity contribution is 7.14. The van der Waals surface area contributed by atoms with Gasteiger partial charge in [-0.05, 0) is 24.6 Å². The first-order valence-electron chi connectivity index (χ1n) is 6.61. The number of rotatable bonds is 3. The lowest BCUT2D eigenvalue weighted by Crippen LogP contribution is -2.35. The van der Waals surface area contributed by atoms with Crippen LogP contribution in [0.2, 0.25) is 5.02 Å². The predicted molar refractivity (Wildman–Crippen MR) is 87.7 cm³/mol. The number of aliphatic imine (C=N–C) groups is 1. The highest BCUT2D eigenvalue weighted by Crippen LogP contribution is 2.34. The van der Waals surface area contributed by atoms with Gasteiger partial charge in [-0.3, -0.25) is 4.99 Å². The third-order valence-corrected chi connectivity index (χ3v) is 4.06. The zero-order valence-electron chi connectivity index (χ0n) is 11.5. The van der Waals surface area contributed by atoms with Crippen molar-refractivity contribution in [1.29, 1.82) is 0 Å². The molecule has 0 saturated carbocycles. The van der Waals surface area contributed by atoms with Gasteiger partial charge in [-0.25, -0.2) is 4.98 Å². The molecule has 0 atom stereocenters. The molecular formula is C14H15ClN4OS. The number of benzene rings is 1. The molecule has 1 aromatic heterocycles. The number of hydrogen-bond acceptors (Lipinski definition) is 6. The quantitative estimate of drug-likeness (QED) is 0.911. The molecule has 2 N–H and O–H groups in total. The van der Waals surface area contributed by atoms with Crippen LogP contribution in [-0.2, 0) is 0 Å². The van der Waals surface area contributed by atoms with Crippen LogP contribution in [0.4, 0.5) is 5.13 Å². The van der Waals surface area contributed by atoms with Gasteiger partial charge in [0.1, 0.15) is 5.75 Å². The Labute approximate surface area is 132 Å². The average molecular weight is 323 g/mol. The van der Waals surface area contributed by atoms with Crippen molar-refractivity contribution in [3.8, 4) is 17.0 Å². The van der Waals surface area contributed by atoms with E-state index in [2.05, 4.69) is 20.6 Å². The Morgan fingerprint density at radius 3 is 3.10 bits per heavy atom. The number of halogens is 1. The molecule has 21 heavy (non-hydrogen) atoms. The summed E-state index contributed by atoms with van der Waals surface area (Å²) in [6, 6.07) is 5.53. The summed E-state index contributed by atoms with van der Waals surface area (Å²) in [7, 11) is 1.63. The molecule has 0 saturated heterocycles. The molecule has 1 aliphatic rings. The summed E-state index contributed by atoms with van der Waals surface area (Å²) in [5.41, 5.74) is 1.78. The van der Waals surface area contributed by atoms with E-state index in [9.17, 15) is 0 Å². The summed E-state index contributed by atoms with van der Waals surface area (Å²) in [5.74, 6) is 1.50. The van der Waals surface area contributed by atoms with Crippen LogP contribution in [0.25, 0.3) is 11.3 Å². The predicted octanol–water partition coefficient (Wildman–Crippen LogP) is 3.23. The van der Waals surface area contributed by atoms with E-state index in [-0.39, 0.29) is 0 Å². The maximum atomic E-state index is 5.98. The molecule has 2 aromatic rings. The van der Waals surface area contributed by atoms with Crippen molar-refractivity contribution in [2.24, 2.45) is 4.99 Å². The van der Waals surface area contributed by atoms with E-state index in [1.54, 1.807) is 13.2 Å². The summed E-state index contributed by atoms with van der Waals surface area (Å²) in [6.07, 6.45) is 1.07. The van der Waals surface area contributed by atoms with Gasteiger partial charge in [-0.2, -0.15) is 0 Å². The lowest BCUT2D eigenvalue weighted by molar-refractivity contribution is 0.416. The zero-order chi connectivity index (χ0) is 14.7. The first-order valence-corrected chi connectivity index (χ1v) is 7.87. The smallest absolute Gasteiger partial charge is 0.197 e. The van der Waals surface area contributed by atoms with E-state index in [1.165, 1.54) is 11.3 Å². The Kier molecular flexibility index (Phi) is 4.26. The Bertz CT molecular complexity index is 671. The van der Waals surface area contributed by atoms with Crippen molar-refractivity contribution in [2.45, 2.75) is 6.42 Å². The summed E-state index contributed by atoms with van der Waals surface area (Å²) in [5, 5.41) is 9.84. The monoisotopic (exact) mass is 322 g/mol. The molecule has 110 valence electrons. The Hall–Kier alpha value is -1.79. The van der Waals surface area contributed by atoms with Gasteiger partial charge >= 0.3 is 0 Å². The summed E-state index contributed by atoms with van der Waals surface area (Å²) >= 11 is 7.51. The second-order valence-corrected chi connectivity index (χ2v) is 5.81. The molecule has 2 heterocycles. The van der Waals surface area contributed by atoms with Gasteiger partial charge in [0.15, 0.2) is 11.1 Å². The second kappa shape index (κ2) is 6.32. The number of nitrogens with zero attached hydrogens (tertiary/aromatic N) is 2. The van der Waals surface area contributed by atoms with Gasteiger partial charge in [0.2, 0.25) is 0 Å². The highest BCUT2D eigenvalue weighted by Gasteiger charge is 2.12. The largest absolute Gasteiger partial charge is 0.496 e. The molecule has 7 heteroatoms. The van der Waals surface area contributed by atoms with E-state index in [1.807, 2.05) is 17.5 Å². The van der Waals surface area contributed by atoms with E-state index in [4.69, 9.17) is 16.3 Å². The van der Waals surface area contributed by atoms with Crippen LogP contribution in [0.5, 0.6) is 5.75 Å². The van der Waals surface area contributed by atoms with E-state index < -0.39 is 0 Å². The lowest BCUT2D eigenvalue weighted by atomic mass is 10.1. The fourth-order valence-electron chi connectivity index (χ4n) is 2.05. The summed E-state index contributed by atoms with van der Waals surface area (Å²) in [4.78, 5) is 8.95. The van der Waals surface area contributed by atoms with E-state index in [0.29, 0.717) is 10.8 Å². The first kappa shape index (κ1) is 14.2. The molecule has 0 unspecified atom stereocenters. The number of guanidine groups is 1. The molecule has 5 nitrogen and oxygen atoms in total. The SMILES string of the molecule is COc1cc(Cl)ccc1-c1csc(NC2=NCCCN2)n1. The van der Waals surface area contributed by atoms with Crippen molar-refractivity contribution >= 4 is 34.0 Å². The van der Waals surface area contributed by atoms with Gasteiger partial charge in [0.25, 0.3) is 0 Å². The number of nitrogens with one attached hydrogen (secondary N) is 2. The standard InChI is InChI=1S/C14H15ClN4OS/c1-20-12-7-9(15)3-4-10(12)11-8-21-14(18-11)19-13-16-5-2-6-17-13/h3-4,7-8H,2,5-6H2,1H3,(H2,16,17,18,19). The minimum absolute atomic E-state index is 0.643. The van der Waals surface area contributed by atoms with Crippen LogP contribution >= 0.6 is 22.9 Å². The molecular weight excluding hydrogens is 308 g/mol. The summed E-state index contributed by atoms with van der Waals surface area (Å²) in [6.45, 7) is 1.79. The molecule has 0 fully saturated rings. The average Bonchev–Trinajstić information content (AvgIpc) is 2.96. The van der Waals surface area contributed by atoms with Gasteiger partial charge in [0, 0.05) is 29.1 Å². The lowest BCUT2D eigenvalue weighted by Gasteiger charge is -2.14. The molecule has 0 bridgehead atoms. The van der Waals surface area contributed by atoms with Crippen LogP contribution < -0.4 is 15.4 Å². The summed E-state index contributed by atoms with van der Waals surface area (Å²) < 4.78 is 5.36. The number of thiazole rings is 1. The van der Waals surface area contributed by atoms with Crippen molar-refractivity contribution in [3.05, 3.63) is 28.6 Å². The minimum atomic E-state index is 0.643. The van der Waals surface area contributed by atoms with Crippen molar-refractivity contribution in [1.82, 2.24) is 10.3 Å². The van der Waals surface area contributed by atoms with Gasteiger partial charge < -0.3 is 15.4 Å². The van der Waals surface area contributed by atoms with Gasteiger partial charge in [-0.1, -0.05) is 11.6 Å². The fourth-order valence-corrected chi connectivity index (χ4v) is 2.92. The van der Waals surface area contributed by atoms with Gasteiger partial charge in [0.05, 0.1) is 12.8 Å². The number of methoxy groups -OCH3 is 1. The molecule has 0 aliphatic carbocycles. The maximum absolute atomic E-state index is 5.98. The Morgan fingerprint density at radius 2 is 2.33 bits per heavy atom. The number of ether oxygens (including phenoxy) is 1. The Morgan fingerprint density at radius 1 is 1.43 bits per heavy atom. The van der Waals surface area contributed by atoms with Crippen LogP contribution in [-0.4, -0.2) is 31.1 Å². The molecule has 0 radical (unpaired) electrons. The van der Waals surface area contributed by atoms with Crippen LogP contribution in [0.3, 0.4) is 0 Å². The molecule has 0 spiro atoms. The van der Waals surface area contributed by atoms with Crippen molar-refractivity contribution in [2.75, 3.05) is 25.5 Å². The van der Waals surface area contributed by atoms with Crippen LogP contribution in [0.1, 0.15) is 6.42 Å². The third-order valence-electron chi connectivity index (χ3n) is 3.07. The molecule has 0 amide bonds. The van der Waals surface area contributed by atoms with Crippen molar-refractivity contribution in [3.63, 3.8) is 0 Å². The molecule has 3 rings (SSSR count). The normalized spacial score (nSPS) is 14.3. The number of anilines is 1. The molecule has 1 aliphatic heterocycles. The van der Waals surface area contributed by atoms with E-state index in [0.717, 1.165) is 41.9 Å². The Balaban J connectivity index is 1.83. The number of hydrogen-bond donors (Lipinski definition) is 2. The van der Waals surface area contributed by atoms with Gasteiger partial charge in [-0.15, -0.1) is 11.3 Å². The minimum Gasteiger partial charge on any atom is -0.496 e. The maximum Gasteiger partial charge on any atom is 0.197 e. The topological polar surface area (TPSA) is 58.5 Å². The van der Waals surface area contributed by atoms with Crippen molar-refractivity contribution < 1.29 is 4.74 Å². The first-order chi connectivity index (χ1) is 10.3. The second-order valence-electron chi connectivity index (χ2n) is 4.52. The van der Waals surface area contributed by atoms with Crippen LogP contribution in [0.15, 0.2) is 28.6 Å². The fraction of sp³-hybridized carbons (Fsp3) is 0.286. The van der Waals surface area contributed by atoms with E-state index >= 15 is 0 Å². The third kappa shape index (κ3) is 3.28. The highest BCUT2D eigenvalue weighted by atomic mass is 35.5. The van der Waals surface area contributed by atoms with Crippen LogP contribution in [0, 0.1) is 0 Å². The molecule has 1 aromatic carbocycles. The number of aromatic nitrogens is 1. The zero-order valence-corrected chi connectivity index (χ0v) is 13.1.